The van der Waals surface area contributed by atoms with E-state index in [9.17, 15) is 13.2 Å². The smallest absolute Gasteiger partial charge is 0.341 e. The summed E-state index contributed by atoms with van der Waals surface area (Å²) in [6, 6.07) is 0. The molecule has 18 heavy (non-hydrogen) atoms. The number of carbonyl (C=O) groups is 1. The topological polar surface area (TPSA) is 111 Å². The van der Waals surface area contributed by atoms with Crippen molar-refractivity contribution in [2.75, 3.05) is 6.61 Å². The van der Waals surface area contributed by atoms with Crippen LogP contribution in [0.25, 0.3) is 5.65 Å². The van der Waals surface area contributed by atoms with E-state index in [2.05, 4.69) is 10.1 Å². The van der Waals surface area contributed by atoms with Crippen LogP contribution in [-0.4, -0.2) is 40.1 Å². The van der Waals surface area contributed by atoms with Gasteiger partial charge in [0.15, 0.2) is 10.5 Å². The lowest BCUT2D eigenvalue weighted by molar-refractivity contribution is 0.0525. The number of fused-ring (bicyclic) bond motifs is 1. The first-order valence-corrected chi connectivity index (χ1v) is 6.35. The zero-order valence-corrected chi connectivity index (χ0v) is 10.1. The summed E-state index contributed by atoms with van der Waals surface area (Å²) in [5.41, 5.74) is 0.0693. The third-order valence-corrected chi connectivity index (χ3v) is 2.96. The maximum atomic E-state index is 11.4. The highest BCUT2D eigenvalue weighted by molar-refractivity contribution is 7.86. The molecular formula is C9H9N3O5S. The Morgan fingerprint density at radius 2 is 2.22 bits per heavy atom. The Morgan fingerprint density at radius 3 is 2.83 bits per heavy atom. The number of ether oxygens (including phenoxy) is 1. The average Bonchev–Trinajstić information content (AvgIpc) is 2.71. The highest BCUT2D eigenvalue weighted by atomic mass is 32.2. The third-order valence-electron chi connectivity index (χ3n) is 2.11. The molecule has 0 bridgehead atoms. The number of nitrogens with zero attached hydrogens (tertiary/aromatic N) is 3. The van der Waals surface area contributed by atoms with Crippen molar-refractivity contribution in [2.24, 2.45) is 0 Å². The molecule has 1 N–H and O–H groups in total. The Morgan fingerprint density at radius 1 is 1.50 bits per heavy atom. The fraction of sp³-hybridized carbons (Fsp3) is 0.222. The van der Waals surface area contributed by atoms with Crippen LogP contribution in [0.2, 0.25) is 0 Å². The summed E-state index contributed by atoms with van der Waals surface area (Å²) in [7, 11) is -4.39. The molecule has 0 saturated heterocycles. The van der Waals surface area contributed by atoms with E-state index in [4.69, 9.17) is 9.29 Å². The zero-order chi connectivity index (χ0) is 13.3. The van der Waals surface area contributed by atoms with Crippen LogP contribution < -0.4 is 0 Å². The summed E-state index contributed by atoms with van der Waals surface area (Å²) in [6.45, 7) is 1.88. The largest absolute Gasteiger partial charge is 0.462 e. The fourth-order valence-electron chi connectivity index (χ4n) is 1.35. The van der Waals surface area contributed by atoms with Gasteiger partial charge in [-0.2, -0.15) is 13.5 Å². The number of rotatable bonds is 3. The minimum atomic E-state index is -4.39. The number of carbonyl (C=O) groups excluding carboxylic acids is 1. The third kappa shape index (κ3) is 2.17. The molecule has 8 nitrogen and oxygen atoms in total. The molecule has 0 aliphatic rings. The van der Waals surface area contributed by atoms with Gasteiger partial charge in [0.25, 0.3) is 10.1 Å². The predicted molar refractivity (Wildman–Crippen MR) is 58.8 cm³/mol. The summed E-state index contributed by atoms with van der Waals surface area (Å²) < 4.78 is 36.8. The van der Waals surface area contributed by atoms with Crippen molar-refractivity contribution in [3.8, 4) is 0 Å². The van der Waals surface area contributed by atoms with Crippen LogP contribution in [0.5, 0.6) is 0 Å². The van der Waals surface area contributed by atoms with E-state index < -0.39 is 21.0 Å². The van der Waals surface area contributed by atoms with Crippen molar-refractivity contribution in [3.63, 3.8) is 0 Å². The summed E-state index contributed by atoms with van der Waals surface area (Å²) in [5.74, 6) is -0.587. The first kappa shape index (κ1) is 12.5. The SMILES string of the molecule is CCOC(=O)c1cnc2c(S(=O)(=O)O)cnn2c1. The van der Waals surface area contributed by atoms with Gasteiger partial charge < -0.3 is 4.74 Å². The van der Waals surface area contributed by atoms with Crippen LogP contribution in [-0.2, 0) is 14.9 Å². The highest BCUT2D eigenvalue weighted by Crippen LogP contribution is 2.14. The van der Waals surface area contributed by atoms with Gasteiger partial charge in [-0.05, 0) is 6.92 Å². The van der Waals surface area contributed by atoms with Gasteiger partial charge in [-0.25, -0.2) is 14.3 Å². The van der Waals surface area contributed by atoms with E-state index in [1.807, 2.05) is 0 Å². The van der Waals surface area contributed by atoms with Gasteiger partial charge in [-0.1, -0.05) is 0 Å². The molecule has 0 amide bonds. The minimum absolute atomic E-state index is 0.0643. The number of hydrogen-bond acceptors (Lipinski definition) is 6. The maximum Gasteiger partial charge on any atom is 0.341 e. The maximum absolute atomic E-state index is 11.4. The second kappa shape index (κ2) is 4.35. The molecule has 0 spiro atoms. The summed E-state index contributed by atoms with van der Waals surface area (Å²) in [5, 5.41) is 3.70. The molecule has 0 aliphatic carbocycles. The molecular weight excluding hydrogens is 262 g/mol. The lowest BCUT2D eigenvalue weighted by atomic mass is 10.3. The predicted octanol–water partition coefficient (Wildman–Crippen LogP) is 0.153. The standard InChI is InChI=1S/C9H9N3O5S/c1-2-17-9(13)6-3-10-8-7(18(14,15)16)4-11-12(8)5-6/h3-5H,2H2,1H3,(H,14,15,16). The molecule has 0 atom stereocenters. The molecule has 0 radical (unpaired) electrons. The van der Waals surface area contributed by atoms with Crippen molar-refractivity contribution in [1.82, 2.24) is 14.6 Å². The molecule has 2 rings (SSSR count). The van der Waals surface area contributed by atoms with E-state index in [0.29, 0.717) is 0 Å². The monoisotopic (exact) mass is 271 g/mol. The Hall–Kier alpha value is -2.00. The zero-order valence-electron chi connectivity index (χ0n) is 9.27. The van der Waals surface area contributed by atoms with E-state index in [0.717, 1.165) is 16.9 Å². The highest BCUT2D eigenvalue weighted by Gasteiger charge is 2.19. The Kier molecular flexibility index (Phi) is 3.01. The fourth-order valence-corrected chi connectivity index (χ4v) is 1.91. The molecule has 0 fully saturated rings. The van der Waals surface area contributed by atoms with E-state index in [1.54, 1.807) is 6.92 Å². The first-order chi connectivity index (χ1) is 8.43. The number of aromatic nitrogens is 3. The summed E-state index contributed by atoms with van der Waals surface area (Å²) in [4.78, 5) is 14.8. The van der Waals surface area contributed by atoms with Crippen molar-refractivity contribution in [2.45, 2.75) is 11.8 Å². The van der Waals surface area contributed by atoms with Crippen LogP contribution in [0.1, 0.15) is 17.3 Å². The van der Waals surface area contributed by atoms with E-state index in [-0.39, 0.29) is 17.8 Å². The Labute approximate surface area is 102 Å². The van der Waals surface area contributed by atoms with Gasteiger partial charge in [0.1, 0.15) is 0 Å². The molecule has 96 valence electrons. The van der Waals surface area contributed by atoms with Gasteiger partial charge in [-0.15, -0.1) is 0 Å². The van der Waals surface area contributed by atoms with Gasteiger partial charge in [-0.3, -0.25) is 4.55 Å². The summed E-state index contributed by atoms with van der Waals surface area (Å²) >= 11 is 0. The van der Waals surface area contributed by atoms with Crippen molar-refractivity contribution < 1.29 is 22.5 Å². The Balaban J connectivity index is 2.53. The molecule has 9 heteroatoms. The van der Waals surface area contributed by atoms with Crippen molar-refractivity contribution >= 4 is 21.7 Å². The van der Waals surface area contributed by atoms with Gasteiger partial charge >= 0.3 is 5.97 Å². The van der Waals surface area contributed by atoms with Crippen LogP contribution in [0.4, 0.5) is 0 Å². The lowest BCUT2D eigenvalue weighted by Gasteiger charge is -2.01. The van der Waals surface area contributed by atoms with Gasteiger partial charge in [0, 0.05) is 12.4 Å². The van der Waals surface area contributed by atoms with Crippen LogP contribution >= 0.6 is 0 Å². The van der Waals surface area contributed by atoms with Gasteiger partial charge in [0.2, 0.25) is 0 Å². The Bertz CT molecular complexity index is 706. The molecule has 2 heterocycles. The normalized spacial score (nSPS) is 11.7. The van der Waals surface area contributed by atoms with E-state index >= 15 is 0 Å². The number of hydrogen-bond donors (Lipinski definition) is 1. The quantitative estimate of drug-likeness (QED) is 0.624. The lowest BCUT2D eigenvalue weighted by Crippen LogP contribution is -2.07. The average molecular weight is 271 g/mol. The van der Waals surface area contributed by atoms with Crippen LogP contribution in [0.3, 0.4) is 0 Å². The van der Waals surface area contributed by atoms with Crippen molar-refractivity contribution in [3.05, 3.63) is 24.2 Å². The van der Waals surface area contributed by atoms with E-state index in [1.165, 1.54) is 6.20 Å². The minimum Gasteiger partial charge on any atom is -0.462 e. The molecule has 2 aromatic heterocycles. The molecule has 2 aromatic rings. The number of esters is 1. The summed E-state index contributed by atoms with van der Waals surface area (Å²) in [6.07, 6.45) is 3.38. The first-order valence-electron chi connectivity index (χ1n) is 4.91. The molecule has 0 aromatic carbocycles. The second-order valence-corrected chi connectivity index (χ2v) is 4.71. The molecule has 0 unspecified atom stereocenters. The van der Waals surface area contributed by atoms with Crippen molar-refractivity contribution in [1.29, 1.82) is 0 Å². The second-order valence-electron chi connectivity index (χ2n) is 3.32. The van der Waals surface area contributed by atoms with Gasteiger partial charge in [0.05, 0.1) is 18.4 Å². The molecule has 0 aliphatic heterocycles. The van der Waals surface area contributed by atoms with Crippen LogP contribution in [0, 0.1) is 0 Å². The van der Waals surface area contributed by atoms with Crippen LogP contribution in [0.15, 0.2) is 23.5 Å². The molecule has 0 saturated carbocycles.